The molecule has 4 heteroatoms. The zero-order chi connectivity index (χ0) is 11.8. The van der Waals surface area contributed by atoms with Gasteiger partial charge >= 0.3 is 0 Å². The van der Waals surface area contributed by atoms with Gasteiger partial charge in [0.1, 0.15) is 12.1 Å². The highest BCUT2D eigenvalue weighted by Crippen LogP contribution is 2.27. The molecule has 0 fully saturated rings. The van der Waals surface area contributed by atoms with E-state index in [1.165, 1.54) is 0 Å². The number of hydrogen-bond acceptors (Lipinski definition) is 2. The summed E-state index contributed by atoms with van der Waals surface area (Å²) in [6.07, 6.45) is 4.24. The summed E-state index contributed by atoms with van der Waals surface area (Å²) in [6, 6.07) is 7.60. The first-order valence-electron chi connectivity index (χ1n) is 5.76. The number of aliphatic hydroxyl groups excluding tert-OH is 1. The molecule has 1 aromatic heterocycles. The molecule has 1 aliphatic rings. The van der Waals surface area contributed by atoms with Gasteiger partial charge in [0, 0.05) is 23.2 Å². The van der Waals surface area contributed by atoms with Crippen molar-refractivity contribution in [1.82, 2.24) is 9.55 Å². The first-order valence-corrected chi connectivity index (χ1v) is 6.13. The molecule has 1 atom stereocenters. The quantitative estimate of drug-likeness (QED) is 0.842. The highest BCUT2D eigenvalue weighted by atomic mass is 35.5. The standard InChI is InChI=1S/C13H13ClN2O/c14-10-6-4-9(5-7-10)11-8-16-12(15-11)2-1-3-13(16)17/h4-8,13,17H,1-3H2. The Hall–Kier alpha value is -1.32. The molecule has 0 amide bonds. The molecule has 1 unspecified atom stereocenters. The number of benzene rings is 1. The number of halogens is 1. The summed E-state index contributed by atoms with van der Waals surface area (Å²) in [6.45, 7) is 0. The average molecular weight is 249 g/mol. The van der Waals surface area contributed by atoms with Gasteiger partial charge in [-0.25, -0.2) is 4.98 Å². The summed E-state index contributed by atoms with van der Waals surface area (Å²) >= 11 is 5.86. The van der Waals surface area contributed by atoms with Crippen LogP contribution in [0.5, 0.6) is 0 Å². The Balaban J connectivity index is 2.02. The highest BCUT2D eigenvalue weighted by Gasteiger charge is 2.19. The van der Waals surface area contributed by atoms with Crippen LogP contribution >= 0.6 is 11.6 Å². The third-order valence-electron chi connectivity index (χ3n) is 3.13. The minimum absolute atomic E-state index is 0.424. The number of aliphatic hydroxyl groups is 1. The van der Waals surface area contributed by atoms with Crippen LogP contribution in [0.15, 0.2) is 30.5 Å². The van der Waals surface area contributed by atoms with Crippen molar-refractivity contribution >= 4 is 11.6 Å². The lowest BCUT2D eigenvalue weighted by molar-refractivity contribution is 0.0781. The van der Waals surface area contributed by atoms with Crippen molar-refractivity contribution < 1.29 is 5.11 Å². The van der Waals surface area contributed by atoms with Crippen LogP contribution in [-0.2, 0) is 6.42 Å². The van der Waals surface area contributed by atoms with Crippen LogP contribution in [0.2, 0.25) is 5.02 Å². The molecule has 0 saturated carbocycles. The van der Waals surface area contributed by atoms with Crippen LogP contribution in [0.4, 0.5) is 0 Å². The van der Waals surface area contributed by atoms with Gasteiger partial charge in [0.15, 0.2) is 0 Å². The first kappa shape index (κ1) is 10.8. The van der Waals surface area contributed by atoms with Gasteiger partial charge in [0.2, 0.25) is 0 Å². The number of hydrogen-bond donors (Lipinski definition) is 1. The third-order valence-corrected chi connectivity index (χ3v) is 3.38. The molecule has 0 spiro atoms. The summed E-state index contributed by atoms with van der Waals surface area (Å²) in [5.74, 6) is 0.966. The predicted molar refractivity (Wildman–Crippen MR) is 66.9 cm³/mol. The fraction of sp³-hybridized carbons (Fsp3) is 0.308. The van der Waals surface area contributed by atoms with Crippen molar-refractivity contribution in [3.63, 3.8) is 0 Å². The SMILES string of the molecule is OC1CCCc2nc(-c3ccc(Cl)cc3)cn21. The smallest absolute Gasteiger partial charge is 0.131 e. The van der Waals surface area contributed by atoms with E-state index in [0.717, 1.165) is 41.4 Å². The van der Waals surface area contributed by atoms with E-state index in [2.05, 4.69) is 4.98 Å². The Morgan fingerprint density at radius 3 is 2.76 bits per heavy atom. The van der Waals surface area contributed by atoms with E-state index in [-0.39, 0.29) is 0 Å². The molecule has 2 heterocycles. The fourth-order valence-electron chi connectivity index (χ4n) is 2.22. The molecule has 17 heavy (non-hydrogen) atoms. The van der Waals surface area contributed by atoms with E-state index < -0.39 is 6.23 Å². The van der Waals surface area contributed by atoms with Gasteiger partial charge in [-0.1, -0.05) is 23.7 Å². The summed E-state index contributed by atoms with van der Waals surface area (Å²) < 4.78 is 1.87. The van der Waals surface area contributed by atoms with Crippen LogP contribution in [0.25, 0.3) is 11.3 Å². The predicted octanol–water partition coefficient (Wildman–Crippen LogP) is 3.03. The molecule has 3 nitrogen and oxygen atoms in total. The number of nitrogens with zero attached hydrogens (tertiary/aromatic N) is 2. The van der Waals surface area contributed by atoms with Crippen LogP contribution in [0.3, 0.4) is 0 Å². The van der Waals surface area contributed by atoms with Crippen molar-refractivity contribution in [1.29, 1.82) is 0 Å². The molecule has 2 aromatic rings. The molecule has 1 aliphatic heterocycles. The minimum Gasteiger partial charge on any atom is -0.373 e. The maximum atomic E-state index is 9.87. The molecule has 0 aliphatic carbocycles. The van der Waals surface area contributed by atoms with Crippen LogP contribution in [-0.4, -0.2) is 14.7 Å². The summed E-state index contributed by atoms with van der Waals surface area (Å²) in [5.41, 5.74) is 1.93. The van der Waals surface area contributed by atoms with E-state index >= 15 is 0 Å². The summed E-state index contributed by atoms with van der Waals surface area (Å²) in [7, 11) is 0. The highest BCUT2D eigenvalue weighted by molar-refractivity contribution is 6.30. The van der Waals surface area contributed by atoms with E-state index in [0.29, 0.717) is 0 Å². The summed E-state index contributed by atoms with van der Waals surface area (Å²) in [4.78, 5) is 4.56. The molecule has 1 N–H and O–H groups in total. The van der Waals surface area contributed by atoms with Crippen LogP contribution in [0.1, 0.15) is 24.9 Å². The second-order valence-corrected chi connectivity index (χ2v) is 4.77. The Kier molecular flexibility index (Phi) is 2.65. The topological polar surface area (TPSA) is 38.1 Å². The van der Waals surface area contributed by atoms with Gasteiger partial charge in [-0.05, 0) is 25.0 Å². The number of aryl methyl sites for hydroxylation is 1. The lowest BCUT2D eigenvalue weighted by atomic mass is 10.1. The minimum atomic E-state index is -0.424. The average Bonchev–Trinajstić information content (AvgIpc) is 2.75. The van der Waals surface area contributed by atoms with E-state index in [9.17, 15) is 5.11 Å². The van der Waals surface area contributed by atoms with Crippen molar-refractivity contribution in [2.24, 2.45) is 0 Å². The van der Waals surface area contributed by atoms with Crippen molar-refractivity contribution in [3.05, 3.63) is 41.3 Å². The second kappa shape index (κ2) is 4.17. The zero-order valence-corrected chi connectivity index (χ0v) is 10.1. The number of fused-ring (bicyclic) bond motifs is 1. The Bertz CT molecular complexity index is 533. The number of aromatic nitrogens is 2. The largest absolute Gasteiger partial charge is 0.373 e. The fourth-order valence-corrected chi connectivity index (χ4v) is 2.34. The Morgan fingerprint density at radius 2 is 2.06 bits per heavy atom. The Morgan fingerprint density at radius 1 is 1.29 bits per heavy atom. The second-order valence-electron chi connectivity index (χ2n) is 4.33. The van der Waals surface area contributed by atoms with Crippen LogP contribution < -0.4 is 0 Å². The molecule has 0 radical (unpaired) electrons. The van der Waals surface area contributed by atoms with Gasteiger partial charge < -0.3 is 9.67 Å². The van der Waals surface area contributed by atoms with E-state index in [1.54, 1.807) is 0 Å². The molecule has 0 saturated heterocycles. The number of imidazole rings is 1. The van der Waals surface area contributed by atoms with Gasteiger partial charge in [0.05, 0.1) is 5.69 Å². The molecule has 0 bridgehead atoms. The maximum absolute atomic E-state index is 9.87. The van der Waals surface area contributed by atoms with Crippen molar-refractivity contribution in [2.75, 3.05) is 0 Å². The first-order chi connectivity index (χ1) is 8.24. The molecule has 1 aromatic carbocycles. The molecule has 3 rings (SSSR count). The maximum Gasteiger partial charge on any atom is 0.131 e. The van der Waals surface area contributed by atoms with Crippen molar-refractivity contribution in [3.8, 4) is 11.3 Å². The lowest BCUT2D eigenvalue weighted by Gasteiger charge is -2.19. The van der Waals surface area contributed by atoms with Crippen molar-refractivity contribution in [2.45, 2.75) is 25.5 Å². The van der Waals surface area contributed by atoms with Gasteiger partial charge in [-0.3, -0.25) is 0 Å². The third kappa shape index (κ3) is 1.96. The van der Waals surface area contributed by atoms with Gasteiger partial charge in [-0.15, -0.1) is 0 Å². The summed E-state index contributed by atoms with van der Waals surface area (Å²) in [5, 5.41) is 10.6. The number of rotatable bonds is 1. The molecular formula is C13H13ClN2O. The monoisotopic (exact) mass is 248 g/mol. The lowest BCUT2D eigenvalue weighted by Crippen LogP contribution is -2.16. The van der Waals surface area contributed by atoms with E-state index in [4.69, 9.17) is 11.6 Å². The van der Waals surface area contributed by atoms with Gasteiger partial charge in [0.25, 0.3) is 0 Å². The zero-order valence-electron chi connectivity index (χ0n) is 9.31. The van der Waals surface area contributed by atoms with Gasteiger partial charge in [-0.2, -0.15) is 0 Å². The van der Waals surface area contributed by atoms with Crippen LogP contribution in [0, 0.1) is 0 Å². The molecule has 88 valence electrons. The molecular weight excluding hydrogens is 236 g/mol. The Labute approximate surface area is 105 Å². The normalized spacial score (nSPS) is 19.1. The van der Waals surface area contributed by atoms with E-state index in [1.807, 2.05) is 35.0 Å².